The molecule has 1 saturated carbocycles. The van der Waals surface area contributed by atoms with Crippen LogP contribution >= 0.6 is 0 Å². The van der Waals surface area contributed by atoms with Crippen molar-refractivity contribution in [2.75, 3.05) is 13.6 Å². The Bertz CT molecular complexity index is 697. The number of hydrogen-bond donors (Lipinski definition) is 0. The topological polar surface area (TPSA) is 12.5 Å². The van der Waals surface area contributed by atoms with Crippen LogP contribution in [0.2, 0.25) is 0 Å². The number of likely N-dealkylation sites (N-methyl/N-ethyl adjacent to an activating group) is 1. The average Bonchev–Trinajstić information content (AvgIpc) is 2.86. The summed E-state index contributed by atoms with van der Waals surface area (Å²) in [6.45, 7) is 10.9. The average molecular weight is 311 g/mol. The maximum absolute atomic E-state index is 6.75. The second-order valence-electron chi connectivity index (χ2n) is 9.08. The van der Waals surface area contributed by atoms with Gasteiger partial charge >= 0.3 is 0 Å². The quantitative estimate of drug-likeness (QED) is 0.710. The maximum Gasteiger partial charge on any atom is 0.126 e. The summed E-state index contributed by atoms with van der Waals surface area (Å²) in [6.07, 6.45) is 4.31. The Kier molecular flexibility index (Phi) is 2.58. The number of benzene rings is 1. The molecule has 23 heavy (non-hydrogen) atoms. The second-order valence-corrected chi connectivity index (χ2v) is 9.08. The minimum atomic E-state index is 0.255. The predicted octanol–water partition coefficient (Wildman–Crippen LogP) is 4.25. The lowest BCUT2D eigenvalue weighted by Gasteiger charge is -2.66. The molecule has 2 heteroatoms. The molecule has 0 amide bonds. The van der Waals surface area contributed by atoms with Gasteiger partial charge in [0.25, 0.3) is 0 Å². The van der Waals surface area contributed by atoms with E-state index in [1.807, 2.05) is 0 Å². The first kappa shape index (κ1) is 14.3. The molecule has 3 unspecified atom stereocenters. The summed E-state index contributed by atoms with van der Waals surface area (Å²) in [5.74, 6) is 2.52. The second kappa shape index (κ2) is 4.14. The van der Waals surface area contributed by atoms with Crippen molar-refractivity contribution < 1.29 is 4.74 Å². The van der Waals surface area contributed by atoms with Crippen molar-refractivity contribution in [1.29, 1.82) is 0 Å². The van der Waals surface area contributed by atoms with Crippen molar-refractivity contribution in [1.82, 2.24) is 4.90 Å². The Hall–Kier alpha value is -1.02. The Labute approximate surface area is 140 Å². The van der Waals surface area contributed by atoms with Crippen LogP contribution in [0.1, 0.15) is 62.6 Å². The van der Waals surface area contributed by atoms with Crippen LogP contribution in [0, 0.1) is 18.3 Å². The molecule has 1 spiro atoms. The highest BCUT2D eigenvalue weighted by Crippen LogP contribution is 2.70. The SMILES string of the molecule is Cc1ccc2c3c1O[C@H]1C(C)CCC4(C)[C@@H](C2C)N(C)CC[C@]314. The van der Waals surface area contributed by atoms with Crippen LogP contribution in [0.4, 0.5) is 0 Å². The first-order valence-corrected chi connectivity index (χ1v) is 9.42. The Morgan fingerprint density at radius 2 is 2.00 bits per heavy atom. The van der Waals surface area contributed by atoms with Crippen molar-refractivity contribution in [3.63, 3.8) is 0 Å². The minimum absolute atomic E-state index is 0.255. The molecule has 0 aromatic heterocycles. The fourth-order valence-electron chi connectivity index (χ4n) is 7.22. The molecule has 2 heterocycles. The van der Waals surface area contributed by atoms with Crippen molar-refractivity contribution in [3.05, 3.63) is 28.8 Å². The van der Waals surface area contributed by atoms with Gasteiger partial charge in [-0.05, 0) is 68.2 Å². The third-order valence-corrected chi connectivity index (χ3v) is 8.17. The van der Waals surface area contributed by atoms with E-state index >= 15 is 0 Å². The fraction of sp³-hybridized carbons (Fsp3) is 0.714. The molecule has 2 nitrogen and oxygen atoms in total. The number of rotatable bonds is 0. The number of piperidine rings is 1. The predicted molar refractivity (Wildman–Crippen MR) is 93.2 cm³/mol. The van der Waals surface area contributed by atoms with Crippen molar-refractivity contribution >= 4 is 0 Å². The molecule has 2 aliphatic carbocycles. The molecule has 0 radical (unpaired) electrons. The smallest absolute Gasteiger partial charge is 0.126 e. The molecule has 1 aromatic rings. The summed E-state index contributed by atoms with van der Waals surface area (Å²) in [6, 6.07) is 5.36. The Morgan fingerprint density at radius 1 is 1.22 bits per heavy atom. The van der Waals surface area contributed by atoms with E-state index in [1.54, 1.807) is 11.1 Å². The van der Waals surface area contributed by atoms with E-state index in [9.17, 15) is 0 Å². The molecule has 0 N–H and O–H groups in total. The molecule has 4 aliphatic rings. The van der Waals surface area contributed by atoms with E-state index in [-0.39, 0.29) is 5.41 Å². The lowest BCUT2D eigenvalue weighted by Crippen LogP contribution is -2.71. The van der Waals surface area contributed by atoms with Crippen LogP contribution in [0.5, 0.6) is 5.75 Å². The number of likely N-dealkylation sites (tertiary alicyclic amines) is 1. The molecule has 6 atom stereocenters. The zero-order chi connectivity index (χ0) is 16.1. The molecular formula is C21H29NO. The standard InChI is InChI=1S/C21H29NO/c1-12-6-7-15-14(3)18-20(4)9-8-13(2)19-21(20,10-11-22(18)5)16(15)17(12)23-19/h6-7,13-14,18-19H,8-11H2,1-5H3/t13?,14?,18-,19+,20?,21+/m1/s1. The Morgan fingerprint density at radius 3 is 2.78 bits per heavy atom. The molecule has 1 aromatic carbocycles. The molecule has 2 bridgehead atoms. The number of ether oxygens (including phenoxy) is 1. The molecule has 1 saturated heterocycles. The van der Waals surface area contributed by atoms with Crippen LogP contribution in [0.3, 0.4) is 0 Å². The van der Waals surface area contributed by atoms with E-state index < -0.39 is 0 Å². The van der Waals surface area contributed by atoms with Crippen LogP contribution in [0.15, 0.2) is 12.1 Å². The number of nitrogens with zero attached hydrogens (tertiary/aromatic N) is 1. The van der Waals surface area contributed by atoms with Crippen LogP contribution in [-0.4, -0.2) is 30.6 Å². The number of hydrogen-bond acceptors (Lipinski definition) is 2. The van der Waals surface area contributed by atoms with E-state index in [1.165, 1.54) is 37.1 Å². The molecule has 5 rings (SSSR count). The maximum atomic E-state index is 6.75. The highest BCUT2D eigenvalue weighted by molar-refractivity contribution is 5.60. The summed E-state index contributed by atoms with van der Waals surface area (Å²) in [7, 11) is 2.35. The summed E-state index contributed by atoms with van der Waals surface area (Å²) in [4.78, 5) is 2.66. The van der Waals surface area contributed by atoms with Gasteiger partial charge < -0.3 is 9.64 Å². The van der Waals surface area contributed by atoms with E-state index in [0.29, 0.717) is 29.4 Å². The summed E-state index contributed by atoms with van der Waals surface area (Å²) in [5.41, 5.74) is 5.14. The van der Waals surface area contributed by atoms with Gasteiger partial charge in [-0.1, -0.05) is 32.9 Å². The first-order valence-electron chi connectivity index (χ1n) is 9.42. The van der Waals surface area contributed by atoms with Gasteiger partial charge in [0, 0.05) is 17.0 Å². The number of aryl methyl sites for hydroxylation is 1. The van der Waals surface area contributed by atoms with Gasteiger partial charge in [-0.2, -0.15) is 0 Å². The van der Waals surface area contributed by atoms with Gasteiger partial charge in [0.1, 0.15) is 11.9 Å². The van der Waals surface area contributed by atoms with Crippen molar-refractivity contribution in [2.24, 2.45) is 11.3 Å². The van der Waals surface area contributed by atoms with Gasteiger partial charge in [-0.15, -0.1) is 0 Å². The van der Waals surface area contributed by atoms with Crippen LogP contribution in [-0.2, 0) is 5.41 Å². The largest absolute Gasteiger partial charge is 0.489 e. The molecule has 2 aliphatic heterocycles. The molecule has 124 valence electrons. The van der Waals surface area contributed by atoms with Gasteiger partial charge in [0.15, 0.2) is 0 Å². The third-order valence-electron chi connectivity index (χ3n) is 8.17. The third kappa shape index (κ3) is 1.34. The van der Waals surface area contributed by atoms with E-state index in [2.05, 4.69) is 51.8 Å². The summed E-state index contributed by atoms with van der Waals surface area (Å²) >= 11 is 0. The zero-order valence-corrected chi connectivity index (χ0v) is 15.1. The van der Waals surface area contributed by atoms with Crippen LogP contribution < -0.4 is 4.74 Å². The van der Waals surface area contributed by atoms with Gasteiger partial charge in [0.2, 0.25) is 0 Å². The van der Waals surface area contributed by atoms with Gasteiger partial charge in [0.05, 0.1) is 0 Å². The molecular weight excluding hydrogens is 282 g/mol. The highest BCUT2D eigenvalue weighted by atomic mass is 16.5. The lowest BCUT2D eigenvalue weighted by molar-refractivity contribution is -0.131. The van der Waals surface area contributed by atoms with Crippen molar-refractivity contribution in [3.8, 4) is 5.75 Å². The minimum Gasteiger partial charge on any atom is -0.489 e. The normalized spacial score (nSPS) is 47.2. The van der Waals surface area contributed by atoms with E-state index in [4.69, 9.17) is 4.74 Å². The first-order chi connectivity index (χ1) is 10.9. The Balaban J connectivity index is 1.89. The summed E-state index contributed by atoms with van der Waals surface area (Å²) in [5, 5.41) is 0. The fourth-order valence-corrected chi connectivity index (χ4v) is 7.22. The van der Waals surface area contributed by atoms with Crippen LogP contribution in [0.25, 0.3) is 0 Å². The monoisotopic (exact) mass is 311 g/mol. The molecule has 2 fully saturated rings. The highest BCUT2D eigenvalue weighted by Gasteiger charge is 2.71. The van der Waals surface area contributed by atoms with E-state index in [0.717, 1.165) is 0 Å². The summed E-state index contributed by atoms with van der Waals surface area (Å²) < 4.78 is 6.75. The van der Waals surface area contributed by atoms with Gasteiger partial charge in [-0.3, -0.25) is 0 Å². The van der Waals surface area contributed by atoms with Crippen molar-refractivity contribution in [2.45, 2.75) is 70.4 Å². The zero-order valence-electron chi connectivity index (χ0n) is 15.1. The lowest BCUT2D eigenvalue weighted by atomic mass is 9.41. The van der Waals surface area contributed by atoms with Gasteiger partial charge in [-0.25, -0.2) is 0 Å².